The Morgan fingerprint density at radius 2 is 1.89 bits per heavy atom. The first-order valence-corrected chi connectivity index (χ1v) is 10.6. The lowest BCUT2D eigenvalue weighted by molar-refractivity contribution is -0.131. The summed E-state index contributed by atoms with van der Waals surface area (Å²) in [5, 5.41) is 5.96. The molecule has 6 heteroatoms. The second kappa shape index (κ2) is 8.61. The maximum absolute atomic E-state index is 12.7. The van der Waals surface area contributed by atoms with Gasteiger partial charge >= 0.3 is 0 Å². The molecule has 28 heavy (non-hydrogen) atoms. The number of rotatable bonds is 7. The highest BCUT2D eigenvalue weighted by molar-refractivity contribution is 7.12. The van der Waals surface area contributed by atoms with Gasteiger partial charge in [0.25, 0.3) is 5.91 Å². The summed E-state index contributed by atoms with van der Waals surface area (Å²) in [6, 6.07) is 9.79. The summed E-state index contributed by atoms with van der Waals surface area (Å²) in [6.07, 6.45) is 1.92. The van der Waals surface area contributed by atoms with Crippen molar-refractivity contribution in [2.45, 2.75) is 40.2 Å². The van der Waals surface area contributed by atoms with Crippen molar-refractivity contribution in [1.29, 1.82) is 0 Å². The third kappa shape index (κ3) is 4.12. The van der Waals surface area contributed by atoms with Gasteiger partial charge in [-0.2, -0.15) is 0 Å². The SMILES string of the molecule is CCN(CC)C(=O)Cn1ccc2cc(NC(=O)c3sccc3C(C)C)ccc21. The Morgan fingerprint density at radius 3 is 2.57 bits per heavy atom. The molecule has 0 aliphatic rings. The highest BCUT2D eigenvalue weighted by Gasteiger charge is 2.16. The molecule has 148 valence electrons. The summed E-state index contributed by atoms with van der Waals surface area (Å²) >= 11 is 1.47. The quantitative estimate of drug-likeness (QED) is 0.613. The molecule has 1 aromatic carbocycles. The van der Waals surface area contributed by atoms with Crippen LogP contribution in [0.2, 0.25) is 0 Å². The van der Waals surface area contributed by atoms with Gasteiger partial charge < -0.3 is 14.8 Å². The molecule has 0 saturated heterocycles. The summed E-state index contributed by atoms with van der Waals surface area (Å²) in [5.41, 5.74) is 2.82. The van der Waals surface area contributed by atoms with Crippen LogP contribution in [-0.4, -0.2) is 34.4 Å². The van der Waals surface area contributed by atoms with E-state index in [0.29, 0.717) is 25.6 Å². The van der Waals surface area contributed by atoms with Crippen molar-refractivity contribution in [1.82, 2.24) is 9.47 Å². The van der Waals surface area contributed by atoms with Crippen molar-refractivity contribution in [2.24, 2.45) is 0 Å². The van der Waals surface area contributed by atoms with Crippen LogP contribution < -0.4 is 5.32 Å². The van der Waals surface area contributed by atoms with Gasteiger partial charge in [-0.15, -0.1) is 11.3 Å². The molecule has 0 radical (unpaired) electrons. The number of nitrogens with one attached hydrogen (secondary N) is 1. The first kappa shape index (κ1) is 20.1. The molecule has 0 spiro atoms. The van der Waals surface area contributed by atoms with Crippen molar-refractivity contribution in [3.8, 4) is 0 Å². The zero-order chi connectivity index (χ0) is 20.3. The fourth-order valence-corrected chi connectivity index (χ4v) is 4.33. The fraction of sp³-hybridized carbons (Fsp3) is 0.364. The lowest BCUT2D eigenvalue weighted by Gasteiger charge is -2.19. The largest absolute Gasteiger partial charge is 0.342 e. The molecule has 0 unspecified atom stereocenters. The number of hydrogen-bond acceptors (Lipinski definition) is 3. The van der Waals surface area contributed by atoms with E-state index >= 15 is 0 Å². The Kier molecular flexibility index (Phi) is 6.19. The van der Waals surface area contributed by atoms with Crippen molar-refractivity contribution in [3.05, 3.63) is 52.3 Å². The van der Waals surface area contributed by atoms with Gasteiger partial charge in [-0.3, -0.25) is 9.59 Å². The zero-order valence-electron chi connectivity index (χ0n) is 16.9. The number of fused-ring (bicyclic) bond motifs is 1. The van der Waals surface area contributed by atoms with E-state index in [1.165, 1.54) is 11.3 Å². The van der Waals surface area contributed by atoms with Gasteiger partial charge in [0.1, 0.15) is 6.54 Å². The van der Waals surface area contributed by atoms with Crippen LogP contribution in [0.25, 0.3) is 10.9 Å². The molecular weight excluding hydrogens is 370 g/mol. The van der Waals surface area contributed by atoms with E-state index in [-0.39, 0.29) is 11.8 Å². The van der Waals surface area contributed by atoms with Crippen LogP contribution in [0.3, 0.4) is 0 Å². The molecule has 2 amide bonds. The number of anilines is 1. The Balaban J connectivity index is 1.77. The van der Waals surface area contributed by atoms with E-state index in [1.54, 1.807) is 0 Å². The van der Waals surface area contributed by atoms with Crippen molar-refractivity contribution in [2.75, 3.05) is 18.4 Å². The molecule has 0 aliphatic carbocycles. The summed E-state index contributed by atoms with van der Waals surface area (Å²) in [4.78, 5) is 27.7. The molecule has 1 N–H and O–H groups in total. The molecule has 0 bridgehead atoms. The second-order valence-corrected chi connectivity index (χ2v) is 8.01. The number of carbonyl (C=O) groups excluding carboxylic acids is 2. The van der Waals surface area contributed by atoms with Gasteiger partial charge in [0.2, 0.25) is 5.91 Å². The highest BCUT2D eigenvalue weighted by Crippen LogP contribution is 2.26. The van der Waals surface area contributed by atoms with E-state index in [0.717, 1.165) is 27.0 Å². The van der Waals surface area contributed by atoms with Gasteiger partial charge in [0.15, 0.2) is 0 Å². The molecule has 0 aliphatic heterocycles. The van der Waals surface area contributed by atoms with Crippen molar-refractivity contribution < 1.29 is 9.59 Å². The molecule has 0 fully saturated rings. The van der Waals surface area contributed by atoms with Crippen LogP contribution >= 0.6 is 11.3 Å². The minimum absolute atomic E-state index is 0.0748. The van der Waals surface area contributed by atoms with Crippen LogP contribution in [0.5, 0.6) is 0 Å². The summed E-state index contributed by atoms with van der Waals surface area (Å²) in [6.45, 7) is 9.91. The number of likely N-dealkylation sites (N-methyl/N-ethyl adjacent to an activating group) is 1. The maximum Gasteiger partial charge on any atom is 0.266 e. The van der Waals surface area contributed by atoms with Crippen LogP contribution in [0.15, 0.2) is 41.9 Å². The maximum atomic E-state index is 12.7. The molecule has 3 rings (SSSR count). The zero-order valence-corrected chi connectivity index (χ0v) is 17.7. The second-order valence-electron chi connectivity index (χ2n) is 7.10. The van der Waals surface area contributed by atoms with Gasteiger partial charge in [-0.05, 0) is 61.0 Å². The Labute approximate surface area is 170 Å². The van der Waals surface area contributed by atoms with Crippen LogP contribution in [0.4, 0.5) is 5.69 Å². The van der Waals surface area contributed by atoms with Gasteiger partial charge in [0, 0.05) is 35.9 Å². The number of hydrogen-bond donors (Lipinski definition) is 1. The Bertz CT molecular complexity index is 983. The van der Waals surface area contributed by atoms with E-state index in [1.807, 2.05) is 65.2 Å². The normalized spacial score (nSPS) is 11.2. The topological polar surface area (TPSA) is 54.3 Å². The van der Waals surface area contributed by atoms with Gasteiger partial charge in [-0.1, -0.05) is 13.8 Å². The predicted octanol–water partition coefficient (Wildman–Crippen LogP) is 4.95. The van der Waals surface area contributed by atoms with Gasteiger partial charge in [0.05, 0.1) is 4.88 Å². The van der Waals surface area contributed by atoms with E-state index < -0.39 is 0 Å². The molecule has 3 aromatic rings. The first-order chi connectivity index (χ1) is 13.4. The van der Waals surface area contributed by atoms with Gasteiger partial charge in [-0.25, -0.2) is 0 Å². The van der Waals surface area contributed by atoms with E-state index in [9.17, 15) is 9.59 Å². The fourth-order valence-electron chi connectivity index (χ4n) is 3.38. The highest BCUT2D eigenvalue weighted by atomic mass is 32.1. The average Bonchev–Trinajstić information content (AvgIpc) is 3.30. The Morgan fingerprint density at radius 1 is 1.14 bits per heavy atom. The van der Waals surface area contributed by atoms with Crippen molar-refractivity contribution in [3.63, 3.8) is 0 Å². The van der Waals surface area contributed by atoms with E-state index in [4.69, 9.17) is 0 Å². The number of carbonyl (C=O) groups is 2. The Hall–Kier alpha value is -2.60. The molecule has 2 heterocycles. The minimum Gasteiger partial charge on any atom is -0.342 e. The lowest BCUT2D eigenvalue weighted by atomic mass is 10.0. The summed E-state index contributed by atoms with van der Waals surface area (Å²) < 4.78 is 1.96. The molecule has 2 aromatic heterocycles. The average molecular weight is 398 g/mol. The van der Waals surface area contributed by atoms with Crippen LogP contribution in [0, 0.1) is 0 Å². The molecular formula is C22H27N3O2S. The predicted molar refractivity (Wildman–Crippen MR) is 116 cm³/mol. The monoisotopic (exact) mass is 397 g/mol. The number of nitrogens with zero attached hydrogens (tertiary/aromatic N) is 2. The minimum atomic E-state index is -0.0748. The molecule has 0 saturated carbocycles. The van der Waals surface area contributed by atoms with Crippen LogP contribution in [0.1, 0.15) is 48.8 Å². The lowest BCUT2D eigenvalue weighted by Crippen LogP contribution is -2.33. The molecule has 5 nitrogen and oxygen atoms in total. The summed E-state index contributed by atoms with van der Waals surface area (Å²) in [5.74, 6) is 0.347. The standard InChI is InChI=1S/C22H27N3O2S/c1-5-24(6-2)20(26)14-25-11-9-16-13-17(7-8-19(16)25)23-22(27)21-18(15(3)4)10-12-28-21/h7-13,15H,5-6,14H2,1-4H3,(H,23,27). The van der Waals surface area contributed by atoms with E-state index in [2.05, 4.69) is 19.2 Å². The molecule has 0 atom stereocenters. The third-order valence-corrected chi connectivity index (χ3v) is 5.90. The summed E-state index contributed by atoms with van der Waals surface area (Å²) in [7, 11) is 0. The number of benzene rings is 1. The third-order valence-electron chi connectivity index (χ3n) is 4.97. The number of aromatic nitrogens is 1. The van der Waals surface area contributed by atoms with Crippen LogP contribution in [-0.2, 0) is 11.3 Å². The smallest absolute Gasteiger partial charge is 0.266 e. The first-order valence-electron chi connectivity index (χ1n) is 9.70. The number of thiophene rings is 1. The number of amides is 2. The van der Waals surface area contributed by atoms with Crippen molar-refractivity contribution >= 4 is 39.7 Å².